The van der Waals surface area contributed by atoms with Crippen molar-refractivity contribution in [2.24, 2.45) is 0 Å². The topological polar surface area (TPSA) is 9.23 Å². The highest BCUT2D eigenvalue weighted by Gasteiger charge is 2.11. The number of aryl methyl sites for hydroxylation is 1. The molecule has 0 aliphatic carbocycles. The van der Waals surface area contributed by atoms with Crippen LogP contribution in [0.5, 0.6) is 5.75 Å². The van der Waals surface area contributed by atoms with Crippen molar-refractivity contribution < 1.29 is 9.13 Å². The molecule has 0 fully saturated rings. The van der Waals surface area contributed by atoms with Gasteiger partial charge in [-0.2, -0.15) is 0 Å². The van der Waals surface area contributed by atoms with Gasteiger partial charge in [-0.05, 0) is 42.3 Å². The summed E-state index contributed by atoms with van der Waals surface area (Å²) in [5.74, 6) is 0.491. The Balaban J connectivity index is 2.22. The van der Waals surface area contributed by atoms with Crippen LogP contribution < -0.4 is 4.74 Å². The van der Waals surface area contributed by atoms with E-state index in [4.69, 9.17) is 39.5 Å². The summed E-state index contributed by atoms with van der Waals surface area (Å²) >= 11 is 17.9. The van der Waals surface area contributed by atoms with E-state index in [1.807, 2.05) is 6.92 Å². The minimum atomic E-state index is -0.266. The maximum atomic E-state index is 13.0. The van der Waals surface area contributed by atoms with Crippen molar-refractivity contribution >= 4 is 34.8 Å². The highest BCUT2D eigenvalue weighted by Crippen LogP contribution is 2.34. The van der Waals surface area contributed by atoms with E-state index >= 15 is 0 Å². The standard InChI is InChI=1S/C15H12Cl3FO/c1-9-4-13(19)3-2-10(9)8-20-15-11(7-16)5-12(17)6-14(15)18/h2-6H,7-8H2,1H3. The van der Waals surface area contributed by atoms with Gasteiger partial charge in [-0.25, -0.2) is 4.39 Å². The predicted molar refractivity (Wildman–Crippen MR) is 81.5 cm³/mol. The normalized spacial score (nSPS) is 10.7. The van der Waals surface area contributed by atoms with E-state index in [1.165, 1.54) is 12.1 Å². The van der Waals surface area contributed by atoms with Crippen molar-refractivity contribution in [1.82, 2.24) is 0 Å². The lowest BCUT2D eigenvalue weighted by Crippen LogP contribution is -2.01. The van der Waals surface area contributed by atoms with E-state index in [9.17, 15) is 4.39 Å². The molecule has 0 unspecified atom stereocenters. The quantitative estimate of drug-likeness (QED) is 0.646. The van der Waals surface area contributed by atoms with Gasteiger partial charge in [0.1, 0.15) is 18.2 Å². The molecule has 0 aromatic heterocycles. The predicted octanol–water partition coefficient (Wildman–Crippen LogP) is 5.76. The van der Waals surface area contributed by atoms with E-state index in [1.54, 1.807) is 18.2 Å². The van der Waals surface area contributed by atoms with Crippen molar-refractivity contribution in [3.8, 4) is 5.75 Å². The van der Waals surface area contributed by atoms with Crippen molar-refractivity contribution in [3.05, 3.63) is 62.9 Å². The number of hydrogen-bond acceptors (Lipinski definition) is 1. The number of halogens is 4. The fourth-order valence-electron chi connectivity index (χ4n) is 1.85. The number of ether oxygens (including phenoxy) is 1. The molecule has 2 rings (SSSR count). The van der Waals surface area contributed by atoms with Gasteiger partial charge in [-0.1, -0.05) is 29.3 Å². The molecule has 20 heavy (non-hydrogen) atoms. The van der Waals surface area contributed by atoms with Crippen LogP contribution in [0.2, 0.25) is 10.0 Å². The summed E-state index contributed by atoms with van der Waals surface area (Å²) in [6.07, 6.45) is 0. The molecule has 0 heterocycles. The van der Waals surface area contributed by atoms with Crippen LogP contribution in [0, 0.1) is 12.7 Å². The third-order valence-electron chi connectivity index (χ3n) is 2.91. The number of hydrogen-bond donors (Lipinski definition) is 0. The molecule has 0 N–H and O–H groups in total. The molecule has 0 aliphatic rings. The van der Waals surface area contributed by atoms with Gasteiger partial charge in [0.25, 0.3) is 0 Å². The van der Waals surface area contributed by atoms with Crippen molar-refractivity contribution in [2.45, 2.75) is 19.4 Å². The van der Waals surface area contributed by atoms with Gasteiger partial charge in [0.2, 0.25) is 0 Å². The fraction of sp³-hybridized carbons (Fsp3) is 0.200. The first kappa shape index (κ1) is 15.4. The third-order valence-corrected chi connectivity index (χ3v) is 3.69. The van der Waals surface area contributed by atoms with Crippen LogP contribution in [0.25, 0.3) is 0 Å². The van der Waals surface area contributed by atoms with Crippen LogP contribution in [0.15, 0.2) is 30.3 Å². The number of benzene rings is 2. The summed E-state index contributed by atoms with van der Waals surface area (Å²) in [7, 11) is 0. The smallest absolute Gasteiger partial charge is 0.142 e. The average Bonchev–Trinajstić information content (AvgIpc) is 2.38. The molecular weight excluding hydrogens is 322 g/mol. The van der Waals surface area contributed by atoms with Crippen LogP contribution >= 0.6 is 34.8 Å². The molecule has 0 aliphatic heterocycles. The minimum absolute atomic E-state index is 0.248. The molecule has 106 valence electrons. The fourth-order valence-corrected chi connectivity index (χ4v) is 2.63. The van der Waals surface area contributed by atoms with Crippen LogP contribution in [-0.2, 0) is 12.5 Å². The molecule has 0 atom stereocenters. The summed E-state index contributed by atoms with van der Waals surface area (Å²) < 4.78 is 18.8. The van der Waals surface area contributed by atoms with Crippen LogP contribution in [0.3, 0.4) is 0 Å². The summed E-state index contributed by atoms with van der Waals surface area (Å²) in [6.45, 7) is 2.12. The molecule has 2 aromatic carbocycles. The third kappa shape index (κ3) is 3.57. The molecule has 0 amide bonds. The highest BCUT2D eigenvalue weighted by molar-refractivity contribution is 6.36. The molecule has 0 radical (unpaired) electrons. The van der Waals surface area contributed by atoms with Crippen LogP contribution in [0.4, 0.5) is 4.39 Å². The maximum Gasteiger partial charge on any atom is 0.142 e. The first-order valence-electron chi connectivity index (χ1n) is 5.93. The number of rotatable bonds is 4. The first-order valence-corrected chi connectivity index (χ1v) is 7.22. The summed E-state index contributed by atoms with van der Waals surface area (Å²) in [5, 5.41) is 0.920. The molecule has 2 aromatic rings. The maximum absolute atomic E-state index is 13.0. The Morgan fingerprint density at radius 3 is 2.50 bits per heavy atom. The lowest BCUT2D eigenvalue weighted by molar-refractivity contribution is 0.303. The second-order valence-corrected chi connectivity index (χ2v) is 5.48. The van der Waals surface area contributed by atoms with Gasteiger partial charge >= 0.3 is 0 Å². The number of alkyl halides is 1. The first-order chi connectivity index (χ1) is 9.51. The zero-order valence-corrected chi connectivity index (χ0v) is 13.0. The monoisotopic (exact) mass is 332 g/mol. The molecule has 0 saturated heterocycles. The molecule has 0 spiro atoms. The van der Waals surface area contributed by atoms with E-state index < -0.39 is 0 Å². The van der Waals surface area contributed by atoms with E-state index in [2.05, 4.69) is 0 Å². The largest absolute Gasteiger partial charge is 0.487 e. The van der Waals surface area contributed by atoms with Gasteiger partial charge in [0.05, 0.1) is 10.9 Å². The van der Waals surface area contributed by atoms with Crippen LogP contribution in [0.1, 0.15) is 16.7 Å². The molecule has 1 nitrogen and oxygen atoms in total. The van der Waals surface area contributed by atoms with Gasteiger partial charge in [0, 0.05) is 10.6 Å². The summed E-state index contributed by atoms with van der Waals surface area (Å²) in [5.41, 5.74) is 2.43. The van der Waals surface area contributed by atoms with Gasteiger partial charge in [-0.3, -0.25) is 0 Å². The minimum Gasteiger partial charge on any atom is -0.487 e. The van der Waals surface area contributed by atoms with Gasteiger partial charge in [-0.15, -0.1) is 11.6 Å². The van der Waals surface area contributed by atoms with E-state index in [0.29, 0.717) is 15.8 Å². The Hall–Kier alpha value is -0.960. The highest BCUT2D eigenvalue weighted by atomic mass is 35.5. The van der Waals surface area contributed by atoms with E-state index in [0.717, 1.165) is 16.7 Å². The van der Waals surface area contributed by atoms with Gasteiger partial charge < -0.3 is 4.74 Å². The molecule has 0 saturated carbocycles. The van der Waals surface area contributed by atoms with Gasteiger partial charge in [0.15, 0.2) is 0 Å². The summed E-state index contributed by atoms with van der Waals surface area (Å²) in [4.78, 5) is 0. The Bertz CT molecular complexity index is 629. The SMILES string of the molecule is Cc1cc(F)ccc1COc1c(Cl)cc(Cl)cc1CCl. The van der Waals surface area contributed by atoms with Crippen molar-refractivity contribution in [2.75, 3.05) is 0 Å². The Morgan fingerprint density at radius 1 is 1.10 bits per heavy atom. The Morgan fingerprint density at radius 2 is 1.85 bits per heavy atom. The second kappa shape index (κ2) is 6.66. The Kier molecular flexibility index (Phi) is 5.14. The zero-order valence-electron chi connectivity index (χ0n) is 10.7. The Labute approximate surface area is 132 Å². The lowest BCUT2D eigenvalue weighted by atomic mass is 10.1. The molecule has 5 heteroatoms. The van der Waals surface area contributed by atoms with E-state index in [-0.39, 0.29) is 18.3 Å². The van der Waals surface area contributed by atoms with Crippen LogP contribution in [-0.4, -0.2) is 0 Å². The zero-order chi connectivity index (χ0) is 14.7. The second-order valence-electron chi connectivity index (χ2n) is 4.37. The molecular formula is C15H12Cl3FO. The summed E-state index contributed by atoms with van der Waals surface area (Å²) in [6, 6.07) is 7.87. The lowest BCUT2D eigenvalue weighted by Gasteiger charge is -2.13. The van der Waals surface area contributed by atoms with Crippen molar-refractivity contribution in [1.29, 1.82) is 0 Å². The molecule has 0 bridgehead atoms. The van der Waals surface area contributed by atoms with Crippen molar-refractivity contribution in [3.63, 3.8) is 0 Å². The average molecular weight is 334 g/mol.